The van der Waals surface area contributed by atoms with E-state index in [1.807, 2.05) is 0 Å². The minimum atomic E-state index is -0.788. The van der Waals surface area contributed by atoms with Gasteiger partial charge in [-0.2, -0.15) is 0 Å². The molecule has 6 rings (SSSR count). The van der Waals surface area contributed by atoms with E-state index in [1.165, 1.54) is 25.7 Å². The largest absolute Gasteiger partial charge is 0.632 e. The molecule has 5 atom stereocenters. The first-order valence-electron chi connectivity index (χ1n) is 10.8. The number of esters is 1. The quantitative estimate of drug-likeness (QED) is 0.437. The van der Waals surface area contributed by atoms with Crippen molar-refractivity contribution in [1.29, 1.82) is 0 Å². The first-order valence-corrected chi connectivity index (χ1v) is 10.8. The van der Waals surface area contributed by atoms with Gasteiger partial charge in [-0.1, -0.05) is 0 Å². The van der Waals surface area contributed by atoms with E-state index in [9.17, 15) is 10.0 Å². The van der Waals surface area contributed by atoms with Gasteiger partial charge in [-0.15, -0.1) is 0 Å². The Morgan fingerprint density at radius 2 is 1.72 bits per heavy atom. The molecule has 0 N–H and O–H groups in total. The zero-order chi connectivity index (χ0) is 17.3. The Balaban J connectivity index is 1.42. The third-order valence-corrected chi connectivity index (χ3v) is 8.99. The normalized spacial score (nSPS) is 46.5. The molecule has 1 saturated heterocycles. The fourth-order valence-electron chi connectivity index (χ4n) is 7.67. The Morgan fingerprint density at radius 1 is 1.00 bits per heavy atom. The summed E-state index contributed by atoms with van der Waals surface area (Å²) < 4.78 is 6.13. The number of ether oxygens (including phenoxy) is 1. The van der Waals surface area contributed by atoms with E-state index in [0.29, 0.717) is 24.9 Å². The van der Waals surface area contributed by atoms with E-state index >= 15 is 0 Å². The van der Waals surface area contributed by atoms with Gasteiger partial charge in [0.2, 0.25) is 0 Å². The van der Waals surface area contributed by atoms with Crippen LogP contribution in [-0.4, -0.2) is 34.8 Å². The monoisotopic (exact) mass is 347 g/mol. The van der Waals surface area contributed by atoms with Crippen LogP contribution in [0.5, 0.6) is 0 Å². The second-order valence-electron chi connectivity index (χ2n) is 10.1. The fraction of sp³-hybridized carbons (Fsp3) is 0.952. The smallest absolute Gasteiger partial charge is 0.369 e. The summed E-state index contributed by atoms with van der Waals surface area (Å²) >= 11 is 0. The number of hydrogen-bond acceptors (Lipinski definition) is 3. The van der Waals surface area contributed by atoms with Crippen LogP contribution in [0.1, 0.15) is 77.6 Å². The van der Waals surface area contributed by atoms with E-state index in [-0.39, 0.29) is 16.2 Å². The molecule has 4 bridgehead atoms. The molecule has 1 aliphatic heterocycles. The van der Waals surface area contributed by atoms with Crippen LogP contribution in [0, 0.1) is 28.9 Å². The third kappa shape index (κ3) is 2.16. The van der Waals surface area contributed by atoms with Crippen LogP contribution in [0.15, 0.2) is 0 Å². The van der Waals surface area contributed by atoms with E-state index in [4.69, 9.17) is 4.74 Å². The topological polar surface area (TPSA) is 49.4 Å². The van der Waals surface area contributed by atoms with E-state index < -0.39 is 5.54 Å². The highest BCUT2D eigenvalue weighted by atomic mass is 16.6. The van der Waals surface area contributed by atoms with Gasteiger partial charge in [-0.3, -0.25) is 0 Å². The van der Waals surface area contributed by atoms with Crippen molar-refractivity contribution >= 4 is 5.97 Å². The molecule has 0 amide bonds. The molecule has 140 valence electrons. The molecule has 0 spiro atoms. The zero-order valence-electron chi connectivity index (χ0n) is 15.7. The van der Waals surface area contributed by atoms with Gasteiger partial charge >= 0.3 is 5.97 Å². The molecule has 5 aliphatic carbocycles. The van der Waals surface area contributed by atoms with E-state index in [2.05, 4.69) is 6.92 Å². The number of likely N-dealkylation sites (tertiary alicyclic amines) is 1. The summed E-state index contributed by atoms with van der Waals surface area (Å²) in [5.74, 6) is 2.62. The maximum absolute atomic E-state index is 13.7. The molecule has 5 unspecified atom stereocenters. The Bertz CT molecular complexity index is 559. The van der Waals surface area contributed by atoms with Crippen molar-refractivity contribution in [3.8, 4) is 0 Å². The maximum Gasteiger partial charge on any atom is 0.369 e. The van der Waals surface area contributed by atoms with Gasteiger partial charge in [0, 0.05) is 18.8 Å². The summed E-state index contributed by atoms with van der Waals surface area (Å²) in [7, 11) is 0. The summed E-state index contributed by atoms with van der Waals surface area (Å²) in [6.07, 6.45) is 11.6. The lowest BCUT2D eigenvalue weighted by Crippen LogP contribution is -2.67. The number of hydrogen-bond donors (Lipinski definition) is 0. The van der Waals surface area contributed by atoms with Gasteiger partial charge in [-0.05, 0) is 82.5 Å². The summed E-state index contributed by atoms with van der Waals surface area (Å²) in [6, 6.07) is 0. The van der Waals surface area contributed by atoms with Crippen molar-refractivity contribution in [2.75, 3.05) is 13.1 Å². The summed E-state index contributed by atoms with van der Waals surface area (Å²) in [4.78, 5) is 13.5. The van der Waals surface area contributed by atoms with Crippen molar-refractivity contribution in [2.24, 2.45) is 23.7 Å². The van der Waals surface area contributed by atoms with Gasteiger partial charge in [-0.25, -0.2) is 4.79 Å². The number of quaternary nitrogens is 1. The molecule has 6 fully saturated rings. The third-order valence-electron chi connectivity index (χ3n) is 8.99. The molecular formula is C21H33NO3. The average Bonchev–Trinajstić information content (AvgIpc) is 3.24. The van der Waals surface area contributed by atoms with Crippen molar-refractivity contribution in [3.63, 3.8) is 0 Å². The molecule has 0 aromatic heterocycles. The number of rotatable bonds is 3. The van der Waals surface area contributed by atoms with Gasteiger partial charge < -0.3 is 14.6 Å². The number of carbonyl (C=O) groups is 1. The lowest BCUT2D eigenvalue weighted by atomic mass is 9.73. The van der Waals surface area contributed by atoms with Crippen molar-refractivity contribution in [3.05, 3.63) is 5.21 Å². The van der Waals surface area contributed by atoms with Crippen LogP contribution in [0.25, 0.3) is 0 Å². The number of hydroxylamine groups is 3. The summed E-state index contributed by atoms with van der Waals surface area (Å²) in [5.41, 5.74) is -1.08. The Kier molecular flexibility index (Phi) is 3.61. The summed E-state index contributed by atoms with van der Waals surface area (Å²) in [6.45, 7) is 3.43. The van der Waals surface area contributed by atoms with Crippen LogP contribution in [0.3, 0.4) is 0 Å². The molecule has 5 saturated carbocycles. The molecule has 0 aromatic rings. The molecule has 1 heterocycles. The number of nitrogens with zero attached hydrogens (tertiary/aromatic N) is 1. The number of carbonyl (C=O) groups excluding carboxylic acids is 1. The molecular weight excluding hydrogens is 314 g/mol. The fourth-order valence-corrected chi connectivity index (χ4v) is 7.67. The van der Waals surface area contributed by atoms with Gasteiger partial charge in [0.25, 0.3) is 0 Å². The summed E-state index contributed by atoms with van der Waals surface area (Å²) in [5, 5.41) is 13.7. The maximum atomic E-state index is 13.7. The zero-order valence-corrected chi connectivity index (χ0v) is 15.7. The van der Waals surface area contributed by atoms with Crippen LogP contribution in [0.4, 0.5) is 0 Å². The Morgan fingerprint density at radius 3 is 2.40 bits per heavy atom. The second kappa shape index (κ2) is 5.45. The van der Waals surface area contributed by atoms with Crippen molar-refractivity contribution in [2.45, 2.75) is 88.7 Å². The second-order valence-corrected chi connectivity index (χ2v) is 10.1. The van der Waals surface area contributed by atoms with E-state index in [0.717, 1.165) is 56.8 Å². The minimum Gasteiger partial charge on any atom is -0.632 e. The van der Waals surface area contributed by atoms with Crippen molar-refractivity contribution < 1.29 is 14.2 Å². The van der Waals surface area contributed by atoms with Gasteiger partial charge in [0.15, 0.2) is 5.54 Å². The SMILES string of the molecule is CC1(OC(=O)C2([N+]3([O-])CCCCC3)CCCC2)C2CC3CC(C2)C1C3. The van der Waals surface area contributed by atoms with Crippen LogP contribution in [-0.2, 0) is 9.53 Å². The Hall–Kier alpha value is -0.610. The highest BCUT2D eigenvalue weighted by Crippen LogP contribution is 2.64. The molecule has 4 nitrogen and oxygen atoms in total. The minimum absolute atomic E-state index is 0.125. The lowest BCUT2D eigenvalue weighted by Gasteiger charge is -2.56. The molecule has 0 aromatic carbocycles. The lowest BCUT2D eigenvalue weighted by molar-refractivity contribution is -0.926. The van der Waals surface area contributed by atoms with Crippen LogP contribution in [0.2, 0.25) is 0 Å². The molecule has 25 heavy (non-hydrogen) atoms. The van der Waals surface area contributed by atoms with Crippen molar-refractivity contribution in [1.82, 2.24) is 0 Å². The molecule has 4 heteroatoms. The predicted molar refractivity (Wildman–Crippen MR) is 95.3 cm³/mol. The van der Waals surface area contributed by atoms with Crippen LogP contribution < -0.4 is 0 Å². The first kappa shape index (κ1) is 16.6. The first-order chi connectivity index (χ1) is 12.0. The standard InChI is InChI=1S/C21H33NO3/c1-20(17-12-15-11-16(14-17)18(20)13-15)25-19(23)21(7-3-4-8-21)22(24)9-5-2-6-10-22/h15-18H,2-14H2,1H3. The highest BCUT2D eigenvalue weighted by molar-refractivity contribution is 5.80. The molecule has 0 radical (unpaired) electrons. The van der Waals surface area contributed by atoms with Gasteiger partial charge in [0.05, 0.1) is 13.1 Å². The van der Waals surface area contributed by atoms with E-state index in [1.54, 1.807) is 0 Å². The Labute approximate surface area is 151 Å². The highest BCUT2D eigenvalue weighted by Gasteiger charge is 2.65. The number of piperidine rings is 1. The molecule has 6 aliphatic rings. The average molecular weight is 347 g/mol. The van der Waals surface area contributed by atoms with Crippen LogP contribution >= 0.6 is 0 Å². The predicted octanol–water partition coefficient (Wildman–Crippen LogP) is 4.17. The van der Waals surface area contributed by atoms with Gasteiger partial charge in [0.1, 0.15) is 5.60 Å².